The summed E-state index contributed by atoms with van der Waals surface area (Å²) < 4.78 is 20.6. The smallest absolute Gasteiger partial charge is 0.222 e. The van der Waals surface area contributed by atoms with E-state index in [4.69, 9.17) is 17.0 Å². The fourth-order valence-corrected chi connectivity index (χ4v) is 4.60. The van der Waals surface area contributed by atoms with Gasteiger partial charge in [0.05, 0.1) is 0 Å². The van der Waals surface area contributed by atoms with Crippen LogP contribution in [0.25, 0.3) is 10.8 Å². The van der Waals surface area contributed by atoms with E-state index in [9.17, 15) is 0 Å². The zero-order valence-corrected chi connectivity index (χ0v) is 17.3. The summed E-state index contributed by atoms with van der Waals surface area (Å²) in [7, 11) is 0. The van der Waals surface area contributed by atoms with Crippen molar-refractivity contribution in [2.24, 2.45) is 5.92 Å². The van der Waals surface area contributed by atoms with Crippen molar-refractivity contribution in [1.29, 1.82) is 0 Å². The lowest BCUT2D eigenvalue weighted by Gasteiger charge is -2.29. The summed E-state index contributed by atoms with van der Waals surface area (Å²) in [4.78, 5) is 0. The number of hydrogen-bond acceptors (Lipinski definition) is 2. The highest BCUT2D eigenvalue weighted by Crippen LogP contribution is 2.42. The molecule has 0 bridgehead atoms. The number of benzene rings is 2. The van der Waals surface area contributed by atoms with Gasteiger partial charge in [-0.25, -0.2) is 4.39 Å². The van der Waals surface area contributed by atoms with Crippen LogP contribution >= 0.6 is 24.8 Å². The Kier molecular flexibility index (Phi) is 6.57. The van der Waals surface area contributed by atoms with E-state index in [1.807, 2.05) is 19.1 Å². The molecule has 1 saturated carbocycles. The Morgan fingerprint density at radius 2 is 1.92 bits per heavy atom. The molecule has 1 aliphatic rings. The van der Waals surface area contributed by atoms with E-state index >= 15 is 4.39 Å². The lowest BCUT2D eigenvalue weighted by Crippen LogP contribution is -2.13. The van der Waals surface area contributed by atoms with Crippen LogP contribution in [-0.4, -0.2) is 4.38 Å². The summed E-state index contributed by atoms with van der Waals surface area (Å²) >= 11 is 8.91. The minimum Gasteiger partial charge on any atom is -0.437 e. The van der Waals surface area contributed by atoms with Crippen molar-refractivity contribution in [3.63, 3.8) is 0 Å². The number of ether oxygens (including phenoxy) is 1. The Morgan fingerprint density at radius 3 is 2.54 bits per heavy atom. The van der Waals surface area contributed by atoms with Crippen molar-refractivity contribution in [2.45, 2.75) is 64.7 Å². The molecule has 1 nitrogen and oxygen atoms in total. The molecular weight excluding hydrogens is 363 g/mol. The van der Waals surface area contributed by atoms with Crippen LogP contribution in [0.4, 0.5) is 4.39 Å². The van der Waals surface area contributed by atoms with E-state index in [1.54, 1.807) is 0 Å². The van der Waals surface area contributed by atoms with Crippen molar-refractivity contribution in [1.82, 2.24) is 0 Å². The third-order valence-corrected chi connectivity index (χ3v) is 5.91. The van der Waals surface area contributed by atoms with Gasteiger partial charge in [-0.05, 0) is 78.7 Å². The van der Waals surface area contributed by atoms with Crippen LogP contribution in [0.1, 0.15) is 69.4 Å². The normalized spacial score (nSPS) is 20.3. The molecule has 0 radical (unpaired) electrons. The molecule has 0 aliphatic heterocycles. The highest BCUT2D eigenvalue weighted by atomic mass is 32.1. The van der Waals surface area contributed by atoms with E-state index in [-0.39, 0.29) is 15.9 Å². The van der Waals surface area contributed by atoms with Crippen LogP contribution in [0, 0.1) is 11.7 Å². The van der Waals surface area contributed by atoms with Crippen LogP contribution in [-0.2, 0) is 6.42 Å². The molecule has 0 spiro atoms. The molecular formula is C22H27FOS2. The van der Waals surface area contributed by atoms with Crippen LogP contribution in [0.3, 0.4) is 0 Å². The second-order valence-corrected chi connectivity index (χ2v) is 8.43. The summed E-state index contributed by atoms with van der Waals surface area (Å²) in [6, 6.07) is 8.07. The summed E-state index contributed by atoms with van der Waals surface area (Å²) in [5.74, 6) is 1.29. The minimum absolute atomic E-state index is 0.0448. The Labute approximate surface area is 166 Å². The van der Waals surface area contributed by atoms with E-state index < -0.39 is 0 Å². The fraction of sp³-hybridized carbons (Fsp3) is 0.500. The third-order valence-electron chi connectivity index (χ3n) is 5.74. The van der Waals surface area contributed by atoms with Gasteiger partial charge in [0.15, 0.2) is 11.6 Å². The van der Waals surface area contributed by atoms with Gasteiger partial charge in [-0.15, -0.1) is 0 Å². The molecule has 1 aliphatic carbocycles. The average molecular weight is 391 g/mol. The maximum absolute atomic E-state index is 15.2. The maximum Gasteiger partial charge on any atom is 0.222 e. The molecule has 0 unspecified atom stereocenters. The summed E-state index contributed by atoms with van der Waals surface area (Å²) in [5.41, 5.74) is 2.13. The molecule has 0 atom stereocenters. The van der Waals surface area contributed by atoms with Gasteiger partial charge in [0.1, 0.15) is 0 Å². The fourth-order valence-electron chi connectivity index (χ4n) is 4.43. The zero-order chi connectivity index (χ0) is 18.7. The van der Waals surface area contributed by atoms with Gasteiger partial charge in [0.2, 0.25) is 4.38 Å². The molecule has 4 heteroatoms. The largest absolute Gasteiger partial charge is 0.437 e. The minimum atomic E-state index is -0.322. The molecule has 1 fully saturated rings. The van der Waals surface area contributed by atoms with Gasteiger partial charge < -0.3 is 4.74 Å². The highest BCUT2D eigenvalue weighted by Gasteiger charge is 2.25. The van der Waals surface area contributed by atoms with Crippen molar-refractivity contribution < 1.29 is 9.13 Å². The van der Waals surface area contributed by atoms with Gasteiger partial charge in [0, 0.05) is 5.39 Å². The Balaban J connectivity index is 2.00. The SMILES string of the molecule is CCCC1CCC(c2cccc3c(F)c(OC(=S)S)c(CC)cc23)CC1. The van der Waals surface area contributed by atoms with Crippen molar-refractivity contribution >= 4 is 40.0 Å². The monoisotopic (exact) mass is 390 g/mol. The topological polar surface area (TPSA) is 9.23 Å². The molecule has 0 N–H and O–H groups in total. The lowest BCUT2D eigenvalue weighted by molar-refractivity contribution is 0.309. The predicted octanol–water partition coefficient (Wildman–Crippen LogP) is 7.21. The molecule has 0 amide bonds. The number of rotatable bonds is 5. The number of thiol groups is 1. The van der Waals surface area contributed by atoms with Crippen LogP contribution < -0.4 is 4.74 Å². The van der Waals surface area contributed by atoms with Gasteiger partial charge >= 0.3 is 0 Å². The maximum atomic E-state index is 15.2. The van der Waals surface area contributed by atoms with Gasteiger partial charge in [-0.3, -0.25) is 0 Å². The molecule has 2 aromatic carbocycles. The third kappa shape index (κ3) is 4.07. The van der Waals surface area contributed by atoms with Crippen LogP contribution in [0.2, 0.25) is 0 Å². The lowest BCUT2D eigenvalue weighted by atomic mass is 9.76. The predicted molar refractivity (Wildman–Crippen MR) is 115 cm³/mol. The first-order chi connectivity index (χ1) is 12.5. The standard InChI is InChI=1S/C22H27FOS2/c1-3-6-14-9-11-16(12-10-14)17-7-5-8-18-19(17)13-15(4-2)21(20(18)23)24-22(25)26/h5,7-8,13-14,16H,3-4,6,9-12H2,1-2H3,(H,25,26). The quantitative estimate of drug-likeness (QED) is 0.427. The number of aryl methyl sites for hydroxylation is 1. The van der Waals surface area contributed by atoms with Crippen molar-refractivity contribution in [2.75, 3.05) is 0 Å². The molecule has 0 aromatic heterocycles. The van der Waals surface area contributed by atoms with E-state index in [2.05, 4.69) is 31.7 Å². The summed E-state index contributed by atoms with van der Waals surface area (Å²) in [6.45, 7) is 4.27. The summed E-state index contributed by atoms with van der Waals surface area (Å²) in [5, 5.41) is 1.65. The molecule has 3 rings (SSSR count). The second kappa shape index (κ2) is 8.71. The Bertz CT molecular complexity index is 794. The molecule has 26 heavy (non-hydrogen) atoms. The second-order valence-electron chi connectivity index (χ2n) is 7.35. The number of fused-ring (bicyclic) bond motifs is 1. The van der Waals surface area contributed by atoms with Gasteiger partial charge in [-0.1, -0.05) is 57.5 Å². The zero-order valence-electron chi connectivity index (χ0n) is 15.6. The average Bonchev–Trinajstić information content (AvgIpc) is 2.64. The number of thiocarbonyl (C=S) groups is 1. The van der Waals surface area contributed by atoms with E-state index in [0.717, 1.165) is 16.9 Å². The molecule has 0 heterocycles. The van der Waals surface area contributed by atoms with Crippen molar-refractivity contribution in [3.05, 3.63) is 41.2 Å². The van der Waals surface area contributed by atoms with E-state index in [1.165, 1.54) is 44.1 Å². The number of halogens is 1. The first-order valence-corrected chi connectivity index (χ1v) is 10.5. The summed E-state index contributed by atoms with van der Waals surface area (Å²) in [6.07, 6.45) is 8.26. The van der Waals surface area contributed by atoms with E-state index in [0.29, 0.717) is 17.7 Å². The van der Waals surface area contributed by atoms with Gasteiger partial charge in [0.25, 0.3) is 0 Å². The van der Waals surface area contributed by atoms with Gasteiger partial charge in [-0.2, -0.15) is 0 Å². The molecule has 140 valence electrons. The number of hydrogen-bond donors (Lipinski definition) is 1. The Morgan fingerprint density at radius 1 is 1.19 bits per heavy atom. The molecule has 2 aromatic rings. The van der Waals surface area contributed by atoms with Crippen LogP contribution in [0.15, 0.2) is 24.3 Å². The Hall–Kier alpha value is -1.13. The van der Waals surface area contributed by atoms with Crippen molar-refractivity contribution in [3.8, 4) is 5.75 Å². The first kappa shape index (κ1) is 19.6. The van der Waals surface area contributed by atoms with Crippen LogP contribution in [0.5, 0.6) is 5.75 Å². The highest BCUT2D eigenvalue weighted by molar-refractivity contribution is 8.10. The molecule has 0 saturated heterocycles. The first-order valence-electron chi connectivity index (χ1n) is 9.69.